The highest BCUT2D eigenvalue weighted by Gasteiger charge is 2.46. The van der Waals surface area contributed by atoms with E-state index in [1.165, 1.54) is 0 Å². The second kappa shape index (κ2) is 6.84. The molecule has 124 valence electrons. The molecule has 0 atom stereocenters. The molecule has 1 aliphatic heterocycles. The van der Waals surface area contributed by atoms with Gasteiger partial charge in [-0.05, 0) is 51.5 Å². The first-order valence-electron chi connectivity index (χ1n) is 7.93. The maximum absolute atomic E-state index is 12.8. The van der Waals surface area contributed by atoms with Crippen molar-refractivity contribution in [2.24, 2.45) is 17.6 Å². The molecule has 0 aromatic heterocycles. The van der Waals surface area contributed by atoms with E-state index in [-0.39, 0.29) is 18.4 Å². The number of alkyl halides is 3. The van der Waals surface area contributed by atoms with Crippen LogP contribution in [0.3, 0.4) is 0 Å². The third kappa shape index (κ3) is 4.11. The topological polar surface area (TPSA) is 38.5 Å². The van der Waals surface area contributed by atoms with Gasteiger partial charge in [0.15, 0.2) is 0 Å². The average Bonchev–Trinajstić information content (AvgIpc) is 2.47. The lowest BCUT2D eigenvalue weighted by Gasteiger charge is -2.47. The largest absolute Gasteiger partial charge is 0.391 e. The molecule has 2 fully saturated rings. The third-order valence-corrected chi connectivity index (χ3v) is 5.44. The summed E-state index contributed by atoms with van der Waals surface area (Å²) in [6, 6.07) is 0. The second-order valence-electron chi connectivity index (χ2n) is 6.68. The van der Waals surface area contributed by atoms with Crippen LogP contribution in [0.2, 0.25) is 0 Å². The number of hydrogen-bond donors (Lipinski definition) is 1. The van der Waals surface area contributed by atoms with Crippen molar-refractivity contribution in [3.63, 3.8) is 0 Å². The highest BCUT2D eigenvalue weighted by Crippen LogP contribution is 2.43. The second-order valence-corrected chi connectivity index (χ2v) is 6.68. The van der Waals surface area contributed by atoms with E-state index in [0.29, 0.717) is 25.3 Å². The molecular weight excluding hydrogens is 281 g/mol. The first kappa shape index (κ1) is 17.0. The standard InChI is InChI=1S/C15H27F3N2O/c1-20(10-12-4-8-21-9-5-12)14(11-19)6-2-13(3-7-14)15(16,17)18/h12-13H,2-11,19H2,1H3. The van der Waals surface area contributed by atoms with Gasteiger partial charge >= 0.3 is 6.18 Å². The Morgan fingerprint density at radius 2 is 1.71 bits per heavy atom. The lowest BCUT2D eigenvalue weighted by Crippen LogP contribution is -2.56. The van der Waals surface area contributed by atoms with E-state index in [9.17, 15) is 13.2 Å². The Morgan fingerprint density at radius 1 is 1.14 bits per heavy atom. The molecule has 0 unspecified atom stereocenters. The first-order valence-corrected chi connectivity index (χ1v) is 7.93. The van der Waals surface area contributed by atoms with Gasteiger partial charge in [-0.3, -0.25) is 4.90 Å². The van der Waals surface area contributed by atoms with Gasteiger partial charge in [-0.25, -0.2) is 0 Å². The van der Waals surface area contributed by atoms with E-state index < -0.39 is 12.1 Å². The molecule has 0 amide bonds. The van der Waals surface area contributed by atoms with Gasteiger partial charge in [0, 0.05) is 31.8 Å². The average molecular weight is 308 g/mol. The molecule has 1 aliphatic carbocycles. The summed E-state index contributed by atoms with van der Waals surface area (Å²) in [4.78, 5) is 2.23. The number of likely N-dealkylation sites (N-methyl/N-ethyl adjacent to an activating group) is 1. The molecule has 2 rings (SSSR count). The fraction of sp³-hybridized carbons (Fsp3) is 1.00. The number of halogens is 3. The van der Waals surface area contributed by atoms with E-state index in [0.717, 1.165) is 32.6 Å². The van der Waals surface area contributed by atoms with Crippen LogP contribution < -0.4 is 5.73 Å². The maximum Gasteiger partial charge on any atom is 0.391 e. The van der Waals surface area contributed by atoms with Crippen LogP contribution in [0.1, 0.15) is 38.5 Å². The van der Waals surface area contributed by atoms with Crippen molar-refractivity contribution in [1.29, 1.82) is 0 Å². The van der Waals surface area contributed by atoms with Gasteiger partial charge < -0.3 is 10.5 Å². The molecule has 21 heavy (non-hydrogen) atoms. The summed E-state index contributed by atoms with van der Waals surface area (Å²) >= 11 is 0. The summed E-state index contributed by atoms with van der Waals surface area (Å²) in [6.45, 7) is 2.95. The van der Waals surface area contributed by atoms with Crippen LogP contribution in [0.5, 0.6) is 0 Å². The van der Waals surface area contributed by atoms with Crippen molar-refractivity contribution in [2.45, 2.75) is 50.2 Å². The van der Waals surface area contributed by atoms with Crippen LogP contribution >= 0.6 is 0 Å². The number of rotatable bonds is 4. The van der Waals surface area contributed by atoms with Crippen LogP contribution in [0.15, 0.2) is 0 Å². The van der Waals surface area contributed by atoms with Crippen molar-refractivity contribution < 1.29 is 17.9 Å². The van der Waals surface area contributed by atoms with E-state index in [1.54, 1.807) is 0 Å². The minimum atomic E-state index is -4.06. The van der Waals surface area contributed by atoms with Crippen molar-refractivity contribution >= 4 is 0 Å². The van der Waals surface area contributed by atoms with Gasteiger partial charge in [0.25, 0.3) is 0 Å². The fourth-order valence-corrected chi connectivity index (χ4v) is 3.73. The van der Waals surface area contributed by atoms with Gasteiger partial charge in [0.2, 0.25) is 0 Å². The fourth-order valence-electron chi connectivity index (χ4n) is 3.73. The van der Waals surface area contributed by atoms with Crippen molar-refractivity contribution in [1.82, 2.24) is 4.90 Å². The highest BCUT2D eigenvalue weighted by molar-refractivity contribution is 4.96. The molecule has 0 spiro atoms. The lowest BCUT2D eigenvalue weighted by atomic mass is 9.75. The Balaban J connectivity index is 1.92. The number of nitrogens with zero attached hydrogens (tertiary/aromatic N) is 1. The van der Waals surface area contributed by atoms with Crippen LogP contribution in [0, 0.1) is 11.8 Å². The SMILES string of the molecule is CN(CC1CCOCC1)C1(CN)CCC(C(F)(F)F)CC1. The van der Waals surface area contributed by atoms with E-state index >= 15 is 0 Å². The maximum atomic E-state index is 12.8. The van der Waals surface area contributed by atoms with Gasteiger partial charge in [-0.1, -0.05) is 0 Å². The van der Waals surface area contributed by atoms with E-state index in [2.05, 4.69) is 4.90 Å². The molecule has 0 radical (unpaired) electrons. The first-order chi connectivity index (χ1) is 9.87. The molecule has 0 aromatic carbocycles. The van der Waals surface area contributed by atoms with Crippen LogP contribution in [-0.2, 0) is 4.74 Å². The number of hydrogen-bond acceptors (Lipinski definition) is 3. The van der Waals surface area contributed by atoms with Crippen molar-refractivity contribution in [3.8, 4) is 0 Å². The van der Waals surface area contributed by atoms with Crippen LogP contribution in [0.25, 0.3) is 0 Å². The minimum absolute atomic E-state index is 0.207. The molecule has 0 aromatic rings. The Bertz CT molecular complexity index is 321. The highest BCUT2D eigenvalue weighted by atomic mass is 19.4. The van der Waals surface area contributed by atoms with Gasteiger partial charge in [-0.15, -0.1) is 0 Å². The summed E-state index contributed by atoms with van der Waals surface area (Å²) in [5.41, 5.74) is 5.70. The van der Waals surface area contributed by atoms with Crippen LogP contribution in [0.4, 0.5) is 13.2 Å². The Labute approximate surface area is 125 Å². The molecule has 1 heterocycles. The molecule has 3 nitrogen and oxygen atoms in total. The normalized spacial score (nSPS) is 32.6. The Morgan fingerprint density at radius 3 is 2.19 bits per heavy atom. The summed E-state index contributed by atoms with van der Waals surface area (Å²) in [6.07, 6.45) is -0.467. The third-order valence-electron chi connectivity index (χ3n) is 5.44. The quantitative estimate of drug-likeness (QED) is 0.868. The Kier molecular flexibility index (Phi) is 5.54. The molecular formula is C15H27F3N2O. The summed E-state index contributed by atoms with van der Waals surface area (Å²) in [7, 11) is 2.02. The summed E-state index contributed by atoms with van der Waals surface area (Å²) < 4.78 is 43.8. The van der Waals surface area contributed by atoms with Gasteiger partial charge in [-0.2, -0.15) is 13.2 Å². The van der Waals surface area contributed by atoms with Crippen molar-refractivity contribution in [2.75, 3.05) is 33.4 Å². The predicted molar refractivity (Wildman–Crippen MR) is 76.0 cm³/mol. The molecule has 0 bridgehead atoms. The summed E-state index contributed by atoms with van der Waals surface area (Å²) in [5, 5.41) is 0. The predicted octanol–water partition coefficient (Wildman–Crippen LogP) is 2.79. The molecule has 1 saturated carbocycles. The van der Waals surface area contributed by atoms with Crippen molar-refractivity contribution in [3.05, 3.63) is 0 Å². The summed E-state index contributed by atoms with van der Waals surface area (Å²) in [5.74, 6) is -0.568. The van der Waals surface area contributed by atoms with Gasteiger partial charge in [0.05, 0.1) is 5.92 Å². The Hall–Kier alpha value is -0.330. The van der Waals surface area contributed by atoms with Gasteiger partial charge in [0.1, 0.15) is 0 Å². The van der Waals surface area contributed by atoms with Crippen LogP contribution in [-0.4, -0.2) is 50.0 Å². The lowest BCUT2D eigenvalue weighted by molar-refractivity contribution is -0.188. The zero-order valence-corrected chi connectivity index (χ0v) is 12.8. The zero-order valence-electron chi connectivity index (χ0n) is 12.8. The smallest absolute Gasteiger partial charge is 0.381 e. The number of nitrogens with two attached hydrogens (primary N) is 1. The molecule has 2 aliphatic rings. The molecule has 6 heteroatoms. The van der Waals surface area contributed by atoms with E-state index in [4.69, 9.17) is 10.5 Å². The zero-order chi connectivity index (χ0) is 15.5. The minimum Gasteiger partial charge on any atom is -0.381 e. The van der Waals surface area contributed by atoms with E-state index in [1.807, 2.05) is 7.05 Å². The number of ether oxygens (including phenoxy) is 1. The molecule has 2 N–H and O–H groups in total. The molecule has 1 saturated heterocycles. The monoisotopic (exact) mass is 308 g/mol.